The normalized spacial score (nSPS) is 24.3. The summed E-state index contributed by atoms with van der Waals surface area (Å²) in [5.74, 6) is -0.322. The predicted octanol–water partition coefficient (Wildman–Crippen LogP) is 5.61. The number of hydrogen-bond donors (Lipinski definition) is 0. The van der Waals surface area contributed by atoms with Crippen molar-refractivity contribution in [3.8, 4) is 0 Å². The maximum absolute atomic E-state index is 13.5. The minimum Gasteiger partial charge on any atom is -0.462 e. The van der Waals surface area contributed by atoms with Gasteiger partial charge >= 0.3 is 5.97 Å². The third-order valence-electron chi connectivity index (χ3n) is 7.55. The van der Waals surface area contributed by atoms with Crippen LogP contribution in [0, 0.1) is 16.7 Å². The highest BCUT2D eigenvalue weighted by atomic mass is 79.9. The summed E-state index contributed by atoms with van der Waals surface area (Å²) in [6, 6.07) is 0. The molecule has 1 aliphatic heterocycles. The number of nitrogens with zero attached hydrogens (tertiary/aromatic N) is 1. The van der Waals surface area contributed by atoms with E-state index in [2.05, 4.69) is 69.4 Å². The van der Waals surface area contributed by atoms with Crippen LogP contribution in [0.2, 0.25) is 0 Å². The van der Waals surface area contributed by atoms with Gasteiger partial charge < -0.3 is 9.53 Å². The number of likely N-dealkylation sites (tertiary alicyclic amines) is 1. The fraction of sp³-hybridized carbons (Fsp3) is 0.913. The second kappa shape index (κ2) is 8.02. The van der Waals surface area contributed by atoms with E-state index >= 15 is 0 Å². The van der Waals surface area contributed by atoms with E-state index in [-0.39, 0.29) is 34.5 Å². The van der Waals surface area contributed by atoms with E-state index in [1.165, 1.54) is 0 Å². The molecule has 0 radical (unpaired) electrons. The Morgan fingerprint density at radius 1 is 1.14 bits per heavy atom. The highest BCUT2D eigenvalue weighted by molar-refractivity contribution is 9.10. The van der Waals surface area contributed by atoms with Crippen LogP contribution in [0.4, 0.5) is 0 Å². The lowest BCUT2D eigenvalue weighted by Crippen LogP contribution is -2.61. The highest BCUT2D eigenvalue weighted by Crippen LogP contribution is 2.50. The molecule has 2 atom stereocenters. The summed E-state index contributed by atoms with van der Waals surface area (Å²) in [4.78, 5) is 27.3. The molecule has 0 aromatic carbocycles. The second-order valence-corrected chi connectivity index (χ2v) is 13.5. The average Bonchev–Trinajstić information content (AvgIpc) is 2.49. The largest absolute Gasteiger partial charge is 0.462 e. The van der Waals surface area contributed by atoms with Crippen molar-refractivity contribution in [2.24, 2.45) is 16.7 Å². The number of ether oxygens (including phenoxy) is 1. The fourth-order valence-electron chi connectivity index (χ4n) is 4.43. The molecule has 1 aliphatic rings. The molecule has 0 aromatic heterocycles. The van der Waals surface area contributed by atoms with Gasteiger partial charge in [-0.05, 0) is 67.3 Å². The summed E-state index contributed by atoms with van der Waals surface area (Å²) < 4.78 is 5.71. The summed E-state index contributed by atoms with van der Waals surface area (Å²) in [5.41, 5.74) is -1.16. The van der Waals surface area contributed by atoms with Gasteiger partial charge in [-0.1, -0.05) is 36.7 Å². The first-order chi connectivity index (χ1) is 12.3. The fourth-order valence-corrected chi connectivity index (χ4v) is 4.73. The Morgan fingerprint density at radius 3 is 1.93 bits per heavy atom. The molecule has 0 amide bonds. The van der Waals surface area contributed by atoms with Gasteiger partial charge in [-0.3, -0.25) is 9.69 Å². The Labute approximate surface area is 181 Å². The maximum Gasteiger partial charge on any atom is 0.313 e. The van der Waals surface area contributed by atoms with Gasteiger partial charge in [-0.15, -0.1) is 0 Å². The zero-order valence-corrected chi connectivity index (χ0v) is 21.5. The number of carbonyl (C=O) groups excluding carboxylic acids is 2. The molecule has 2 unspecified atom stereocenters. The molecule has 1 heterocycles. The summed E-state index contributed by atoms with van der Waals surface area (Å²) in [6.45, 7) is 20.8. The van der Waals surface area contributed by atoms with Crippen LogP contribution in [0.3, 0.4) is 0 Å². The molecule has 1 rings (SSSR count). The molecule has 0 aliphatic carbocycles. The Morgan fingerprint density at radius 2 is 1.57 bits per heavy atom. The van der Waals surface area contributed by atoms with Crippen molar-refractivity contribution in [3.05, 3.63) is 0 Å². The van der Waals surface area contributed by atoms with Crippen molar-refractivity contribution in [2.75, 3.05) is 7.05 Å². The van der Waals surface area contributed by atoms with Crippen LogP contribution in [-0.2, 0) is 14.3 Å². The van der Waals surface area contributed by atoms with Gasteiger partial charge in [0.05, 0.1) is 5.41 Å². The van der Waals surface area contributed by atoms with E-state index in [1.807, 2.05) is 27.7 Å². The predicted molar refractivity (Wildman–Crippen MR) is 120 cm³/mol. The molecule has 1 saturated heterocycles. The molecule has 28 heavy (non-hydrogen) atoms. The van der Waals surface area contributed by atoms with Crippen LogP contribution in [0.25, 0.3) is 0 Å². The number of halogens is 1. The summed E-state index contributed by atoms with van der Waals surface area (Å²) in [7, 11) is 2.15. The van der Waals surface area contributed by atoms with E-state index < -0.39 is 9.74 Å². The van der Waals surface area contributed by atoms with Crippen LogP contribution in [0.15, 0.2) is 0 Å². The third-order valence-corrected chi connectivity index (χ3v) is 8.43. The Bertz CT molecular complexity index is 573. The molecule has 0 saturated carbocycles. The quantitative estimate of drug-likeness (QED) is 0.281. The van der Waals surface area contributed by atoms with Crippen LogP contribution in [0.5, 0.6) is 0 Å². The third kappa shape index (κ3) is 5.19. The number of hydrogen-bond acceptors (Lipinski definition) is 4. The highest BCUT2D eigenvalue weighted by Gasteiger charge is 2.52. The minimum atomic E-state index is -0.759. The molecule has 0 bridgehead atoms. The summed E-state index contributed by atoms with van der Waals surface area (Å²) in [5, 5.41) is 0. The van der Waals surface area contributed by atoms with Crippen molar-refractivity contribution in [1.29, 1.82) is 0 Å². The van der Waals surface area contributed by atoms with E-state index in [9.17, 15) is 9.59 Å². The smallest absolute Gasteiger partial charge is 0.313 e. The first-order valence-corrected chi connectivity index (χ1v) is 11.2. The average molecular weight is 460 g/mol. The van der Waals surface area contributed by atoms with Crippen molar-refractivity contribution in [3.63, 3.8) is 0 Å². The molecule has 0 spiro atoms. The maximum atomic E-state index is 13.5. The van der Waals surface area contributed by atoms with Gasteiger partial charge in [-0.2, -0.15) is 0 Å². The van der Waals surface area contributed by atoms with Crippen molar-refractivity contribution in [1.82, 2.24) is 4.90 Å². The van der Waals surface area contributed by atoms with Gasteiger partial charge in [-0.25, -0.2) is 0 Å². The Hall–Kier alpha value is -0.420. The van der Waals surface area contributed by atoms with Crippen LogP contribution >= 0.6 is 15.9 Å². The number of carbonyl (C=O) groups is 2. The Balaban J connectivity index is 3.15. The SMILES string of the molecule is CC(C=O)C(C)(C)CC(C)(C(=O)OC1CC(C)(C)N(C)C(C)(C)C1)C(C)(C)Br. The standard InChI is InChI=1S/C23H42BrNO3/c1-16(14-26)19(2,3)15-23(10,22(8,9)24)18(27)28-17-12-20(4,5)25(11)21(6,7)13-17/h14,16-17H,12-13,15H2,1-11H3. The first-order valence-electron chi connectivity index (χ1n) is 10.4. The van der Waals surface area contributed by atoms with E-state index in [0.717, 1.165) is 19.1 Å². The van der Waals surface area contributed by atoms with Crippen LogP contribution < -0.4 is 0 Å². The lowest BCUT2D eigenvalue weighted by molar-refractivity contribution is -0.174. The summed E-state index contributed by atoms with van der Waals surface area (Å²) in [6.07, 6.45) is 3.05. The molecule has 4 nitrogen and oxygen atoms in total. The van der Waals surface area contributed by atoms with Gasteiger partial charge in [0.2, 0.25) is 0 Å². The van der Waals surface area contributed by atoms with Crippen molar-refractivity contribution < 1.29 is 14.3 Å². The number of rotatable bonds is 7. The zero-order chi connectivity index (χ0) is 22.3. The first kappa shape index (κ1) is 25.6. The molecule has 1 fully saturated rings. The molecule has 0 N–H and O–H groups in total. The topological polar surface area (TPSA) is 46.6 Å². The van der Waals surface area contributed by atoms with E-state index in [0.29, 0.717) is 6.42 Å². The number of esters is 1. The molecule has 164 valence electrons. The van der Waals surface area contributed by atoms with Crippen LogP contribution in [-0.4, -0.2) is 45.7 Å². The van der Waals surface area contributed by atoms with Crippen molar-refractivity contribution in [2.45, 2.75) is 110 Å². The second-order valence-electron chi connectivity index (χ2n) is 11.5. The number of alkyl halides is 1. The molecular weight excluding hydrogens is 418 g/mol. The van der Waals surface area contributed by atoms with E-state index in [4.69, 9.17) is 4.74 Å². The lowest BCUT2D eigenvalue weighted by Gasteiger charge is -2.53. The van der Waals surface area contributed by atoms with Gasteiger partial charge in [0.25, 0.3) is 0 Å². The molecular formula is C23H42BrNO3. The van der Waals surface area contributed by atoms with Crippen molar-refractivity contribution >= 4 is 28.2 Å². The van der Waals surface area contributed by atoms with Gasteiger partial charge in [0.1, 0.15) is 12.4 Å². The van der Waals surface area contributed by atoms with Gasteiger partial charge in [0, 0.05) is 34.2 Å². The number of aldehydes is 1. The van der Waals surface area contributed by atoms with E-state index in [1.54, 1.807) is 0 Å². The molecule has 5 heteroatoms. The monoisotopic (exact) mass is 459 g/mol. The van der Waals surface area contributed by atoms with Gasteiger partial charge in [0.15, 0.2) is 0 Å². The lowest BCUT2D eigenvalue weighted by atomic mass is 9.64. The summed E-state index contributed by atoms with van der Waals surface area (Å²) >= 11 is 3.75. The Kier molecular flexibility index (Phi) is 7.33. The zero-order valence-electron chi connectivity index (χ0n) is 19.9. The molecule has 0 aromatic rings. The number of piperidine rings is 1. The minimum absolute atomic E-state index is 0.0433. The van der Waals surface area contributed by atoms with Crippen LogP contribution in [0.1, 0.15) is 88.5 Å².